The van der Waals surface area contributed by atoms with E-state index in [0.717, 1.165) is 58.2 Å². The van der Waals surface area contributed by atoms with E-state index >= 15 is 0 Å². The third-order valence-corrected chi connectivity index (χ3v) is 10.0. The van der Waals surface area contributed by atoms with Crippen molar-refractivity contribution in [2.24, 2.45) is 0 Å². The molecular weight excluding hydrogens is 1410 g/mol. The van der Waals surface area contributed by atoms with Crippen LogP contribution < -0.4 is 0 Å². The third-order valence-electron chi connectivity index (χ3n) is 10.0. The largest absolute Gasteiger partial charge is 0.748 e. The second-order valence-electron chi connectivity index (χ2n) is 15.8. The van der Waals surface area contributed by atoms with Crippen molar-refractivity contribution >= 4 is 83.6 Å². The molecule has 6 heterocycles. The van der Waals surface area contributed by atoms with Crippen LogP contribution in [0.5, 0.6) is 0 Å². The Kier molecular flexibility index (Phi) is 22.5. The summed E-state index contributed by atoms with van der Waals surface area (Å²) in [4.78, 5) is 16.4. The molecule has 0 unspecified atom stereocenters. The third kappa shape index (κ3) is 23.2. The summed E-state index contributed by atoms with van der Waals surface area (Å²) in [6.07, 6.45) is 2.37. The van der Waals surface area contributed by atoms with Crippen LogP contribution in [0.25, 0.3) is 88.9 Å². The Bertz CT molecular complexity index is 4460. The van der Waals surface area contributed by atoms with Gasteiger partial charge in [0.05, 0.1) is 32.4 Å². The molecule has 0 atom stereocenters. The maximum absolute atomic E-state index is 9.08. The number of nitrogens with zero attached hydrogens (tertiary/aromatic N) is 4. The standard InChI is InChI=1S/C17H11NO.C17H10NO.2C13H12N.CH4O3S.2CH4O.2CH4.B4.2Ir/c2*1-2-10-16-12(6-1)13-7-5-8-14(17(13)19-16)15-9-3-4-11-18-15;2*1-10-3-6-12(7-4-10)13-8-5-11(2)9-14-13;1-5(2,3)4;2*1-2;;;1-4(2)3;;/h1-11H;1-7,9-11H;2*3-6,8-9H,1-2H3;1H3,(H,2,3,4);2*2H,1H3;2*1H4;;;/q;3*-1;;;;;;;;/p-1/i2*3D,4D,9D,11D;1D3,2D3;1D3;;;;;;;;. The fourth-order valence-electron chi connectivity index (χ4n) is 6.86. The number of hydrogen-bond donors (Lipinski definition) is 2. The maximum Gasteiger partial charge on any atom is 0.144 e. The van der Waals surface area contributed by atoms with Crippen LogP contribution >= 0.6 is 0 Å². The molecule has 11 nitrogen and oxygen atoms in total. The number of aryl methyl sites for hydroxylation is 4. The zero-order valence-electron chi connectivity index (χ0n) is 60.5. The minimum Gasteiger partial charge on any atom is -0.748 e. The summed E-state index contributed by atoms with van der Waals surface area (Å²) in [5.74, 6) is 0. The first-order chi connectivity index (χ1) is 45.0. The summed E-state index contributed by atoms with van der Waals surface area (Å²) in [5, 5.41) is 17.7. The van der Waals surface area contributed by atoms with E-state index in [1.807, 2.05) is 85.8 Å². The Morgan fingerprint density at radius 2 is 0.976 bits per heavy atom. The fourth-order valence-corrected chi connectivity index (χ4v) is 6.86. The van der Waals surface area contributed by atoms with E-state index in [1.165, 1.54) is 30.5 Å². The zero-order valence-corrected chi connectivity index (χ0v) is 49.1. The van der Waals surface area contributed by atoms with Gasteiger partial charge in [0.15, 0.2) is 0 Å². The van der Waals surface area contributed by atoms with Crippen LogP contribution in [0.2, 0.25) is 0 Å². The maximum atomic E-state index is 9.08. The minimum atomic E-state index is -3.92. The van der Waals surface area contributed by atoms with Crippen molar-refractivity contribution < 1.29 is 95.5 Å². The number of para-hydroxylation sites is 3. The summed E-state index contributed by atoms with van der Waals surface area (Å²) >= 11 is 0. The Hall–Kier alpha value is -7.09. The number of furan rings is 2. The summed E-state index contributed by atoms with van der Waals surface area (Å²) in [6, 6.07) is 47.8. The molecule has 0 aliphatic carbocycles. The van der Waals surface area contributed by atoms with E-state index in [0.29, 0.717) is 51.0 Å². The van der Waals surface area contributed by atoms with Crippen molar-refractivity contribution in [2.75, 3.05) is 20.5 Å². The number of aromatic nitrogens is 4. The van der Waals surface area contributed by atoms with Gasteiger partial charge in [-0.1, -0.05) is 130 Å². The van der Waals surface area contributed by atoms with E-state index in [4.69, 9.17) is 55.3 Å². The molecule has 0 bridgehead atoms. The van der Waals surface area contributed by atoms with Gasteiger partial charge >= 0.3 is 0 Å². The van der Waals surface area contributed by atoms with Crippen molar-refractivity contribution in [3.63, 3.8) is 0 Å². The van der Waals surface area contributed by atoms with Crippen LogP contribution in [0.3, 0.4) is 0 Å². The number of hydrogen-bond acceptors (Lipinski definition) is 11. The van der Waals surface area contributed by atoms with Crippen molar-refractivity contribution in [2.45, 2.75) is 42.3 Å². The number of aliphatic hydroxyl groups excluding tert-OH is 2. The SMILES string of the molecule is C.C.CO.CO.CS(=O)(=O)[O-].[2H]C([2H])([2H])c1c[c-]c(-c2ccc(C([2H])([2H])[2H])cn2)cc1.[2H]C([2H])([2H])c1c[c-]c(-c2ccc(C)cn2)cc1.[2H]c1nc(-c2[c-]ccc3c2oc2ccccc23)c([2H])c([2H])c1[2H].[2H]c1nc(-c2cccc3c2oc2ccccc23)c([2H])c([2H])c1[2H].[B]B([B])[B].[Ir].[Ir]. The van der Waals surface area contributed by atoms with Gasteiger partial charge in [-0.25, -0.2) is 8.42 Å². The second kappa shape index (κ2) is 37.9. The van der Waals surface area contributed by atoms with Crippen LogP contribution in [-0.4, -0.2) is 93.2 Å². The van der Waals surface area contributed by atoms with Gasteiger partial charge in [-0.3, -0.25) is 4.98 Å². The predicted octanol–water partition coefficient (Wildman–Crippen LogP) is 13.5. The molecule has 0 fully saturated rings. The van der Waals surface area contributed by atoms with Crippen LogP contribution in [-0.2, 0) is 50.3 Å². The van der Waals surface area contributed by atoms with Crippen molar-refractivity contribution in [1.29, 1.82) is 0 Å². The van der Waals surface area contributed by atoms with Gasteiger partial charge in [-0.15, -0.1) is 89.0 Å². The number of rotatable bonds is 4. The molecule has 0 saturated carbocycles. The van der Waals surface area contributed by atoms with Crippen molar-refractivity contribution in [3.05, 3.63) is 241 Å². The quantitative estimate of drug-likeness (QED) is 0.0974. The van der Waals surface area contributed by atoms with Gasteiger partial charge in [-0.05, 0) is 78.3 Å². The van der Waals surface area contributed by atoms with Crippen LogP contribution in [0, 0.1) is 45.7 Å². The molecule has 18 heteroatoms. The number of fused-ring (bicyclic) bond motifs is 6. The molecule has 12 rings (SSSR count). The molecule has 0 saturated heterocycles. The summed E-state index contributed by atoms with van der Waals surface area (Å²) in [6.45, 7) is -4.44. The average molecular weight is 1490 g/mol. The average Bonchev–Trinajstić information content (AvgIpc) is 1.58. The molecule has 0 spiro atoms. The molecule has 6 aromatic heterocycles. The molecule has 8 radical (unpaired) electrons. The summed E-state index contributed by atoms with van der Waals surface area (Å²) in [5.41, 5.74) is 8.41. The van der Waals surface area contributed by atoms with Gasteiger partial charge < -0.3 is 38.6 Å². The van der Waals surface area contributed by atoms with E-state index in [1.54, 1.807) is 42.6 Å². The summed E-state index contributed by atoms with van der Waals surface area (Å²) in [7, 11) is 12.1. The molecular formula is C65H64B4Ir2N4O7S-4. The molecule has 426 valence electrons. The Morgan fingerprint density at radius 3 is 1.45 bits per heavy atom. The van der Waals surface area contributed by atoms with Gasteiger partial charge in [0, 0.05) is 149 Å². The number of benzene rings is 6. The van der Waals surface area contributed by atoms with Crippen molar-refractivity contribution in [3.8, 4) is 45.0 Å². The van der Waals surface area contributed by atoms with E-state index in [-0.39, 0.29) is 126 Å². The van der Waals surface area contributed by atoms with Crippen LogP contribution in [0.4, 0.5) is 0 Å². The Morgan fingerprint density at radius 1 is 0.542 bits per heavy atom. The smallest absolute Gasteiger partial charge is 0.144 e. The van der Waals surface area contributed by atoms with Gasteiger partial charge in [0.2, 0.25) is 0 Å². The van der Waals surface area contributed by atoms with Gasteiger partial charge in [0.1, 0.15) is 16.7 Å². The van der Waals surface area contributed by atoms with Gasteiger partial charge in [-0.2, -0.15) is 0 Å². The Balaban J connectivity index is 0.000000624. The first-order valence-corrected chi connectivity index (χ1v) is 25.0. The summed E-state index contributed by atoms with van der Waals surface area (Å²) < 4.78 is 167. The zero-order chi connectivity index (χ0) is 71.8. The molecule has 0 aliphatic rings. The monoisotopic (exact) mass is 1490 g/mol. The van der Waals surface area contributed by atoms with Crippen molar-refractivity contribution in [1.82, 2.24) is 19.9 Å². The second-order valence-corrected chi connectivity index (χ2v) is 17.2. The molecule has 83 heavy (non-hydrogen) atoms. The topological polar surface area (TPSA) is 175 Å². The number of aliphatic hydroxyl groups is 2. The molecule has 0 aliphatic heterocycles. The van der Waals surface area contributed by atoms with E-state index in [2.05, 4.69) is 61.3 Å². The van der Waals surface area contributed by atoms with E-state index in [9.17, 15) is 0 Å². The fraction of sp³-hybridized carbons (Fsp3) is 0.138. The van der Waals surface area contributed by atoms with Crippen LogP contribution in [0.15, 0.2) is 209 Å². The first kappa shape index (κ1) is 49.3. The molecule has 0 amide bonds. The molecule has 12 aromatic rings. The van der Waals surface area contributed by atoms with Crippen LogP contribution in [0.1, 0.15) is 60.4 Å². The molecule has 2 N–H and O–H groups in total. The first-order valence-electron chi connectivity index (χ1n) is 31.7. The Labute approximate surface area is 545 Å². The normalized spacial score (nSPS) is 13.1. The van der Waals surface area contributed by atoms with Gasteiger partial charge in [0.25, 0.3) is 0 Å². The molecule has 6 aromatic carbocycles. The predicted molar refractivity (Wildman–Crippen MR) is 337 cm³/mol. The van der Waals surface area contributed by atoms with E-state index < -0.39 is 37.1 Å². The number of pyridine rings is 4. The minimum absolute atomic E-state index is 0.